The van der Waals surface area contributed by atoms with E-state index in [-0.39, 0.29) is 5.91 Å². The smallest absolute Gasteiger partial charge is 0.255 e. The Bertz CT molecular complexity index is 1470. The molecule has 0 spiro atoms. The van der Waals surface area contributed by atoms with Crippen molar-refractivity contribution in [2.45, 2.75) is 19.9 Å². The van der Waals surface area contributed by atoms with Gasteiger partial charge in [0.25, 0.3) is 5.91 Å². The second-order valence-corrected chi connectivity index (χ2v) is 8.28. The summed E-state index contributed by atoms with van der Waals surface area (Å²) in [6, 6.07) is 25.7. The summed E-state index contributed by atoms with van der Waals surface area (Å²) in [5, 5.41) is 20.3. The van der Waals surface area contributed by atoms with Crippen LogP contribution in [-0.4, -0.2) is 27.3 Å². The van der Waals surface area contributed by atoms with Crippen molar-refractivity contribution in [2.24, 2.45) is 0 Å². The molecule has 1 aliphatic heterocycles. The molecule has 0 bridgehead atoms. The molecule has 0 saturated heterocycles. The van der Waals surface area contributed by atoms with Gasteiger partial charge in [0.1, 0.15) is 11.8 Å². The third-order valence-electron chi connectivity index (χ3n) is 5.91. The van der Waals surface area contributed by atoms with Gasteiger partial charge in [0, 0.05) is 16.9 Å². The summed E-state index contributed by atoms with van der Waals surface area (Å²) in [7, 11) is 0. The molecule has 8 heteroatoms. The van der Waals surface area contributed by atoms with Gasteiger partial charge in [-0.3, -0.25) is 4.79 Å². The lowest BCUT2D eigenvalue weighted by Crippen LogP contribution is -2.31. The number of para-hydroxylation sites is 1. The minimum absolute atomic E-state index is 0.246. The number of benzene rings is 3. The lowest BCUT2D eigenvalue weighted by Gasteiger charge is -2.28. The van der Waals surface area contributed by atoms with E-state index in [1.54, 1.807) is 16.8 Å². The van der Waals surface area contributed by atoms with E-state index in [0.717, 1.165) is 16.9 Å². The lowest BCUT2D eigenvalue weighted by atomic mass is 9.94. The van der Waals surface area contributed by atoms with Gasteiger partial charge >= 0.3 is 0 Å². The maximum atomic E-state index is 13.5. The Morgan fingerprint density at radius 1 is 1.08 bits per heavy atom. The first-order valence-electron chi connectivity index (χ1n) is 11.6. The molecule has 0 saturated carbocycles. The SMILES string of the molecule is CCOc1ccc(-c2nc3n(n2)C(c2ccc(C#N)cc2)C(C(=O)Nc2ccccc2)=C(C)N3)cc1. The average Bonchev–Trinajstić information content (AvgIpc) is 3.32. The van der Waals surface area contributed by atoms with E-state index in [0.29, 0.717) is 40.9 Å². The van der Waals surface area contributed by atoms with Gasteiger partial charge in [-0.1, -0.05) is 30.3 Å². The first kappa shape index (κ1) is 22.9. The van der Waals surface area contributed by atoms with E-state index in [4.69, 9.17) is 14.8 Å². The topological polar surface area (TPSA) is 105 Å². The van der Waals surface area contributed by atoms with Crippen LogP contribution in [0.1, 0.15) is 31.0 Å². The molecule has 8 nitrogen and oxygen atoms in total. The number of rotatable bonds is 6. The molecule has 1 amide bonds. The van der Waals surface area contributed by atoms with Crippen LogP contribution in [0.3, 0.4) is 0 Å². The summed E-state index contributed by atoms with van der Waals surface area (Å²) in [5.41, 5.74) is 4.07. The Balaban J connectivity index is 1.57. The van der Waals surface area contributed by atoms with Crippen LogP contribution in [0.5, 0.6) is 5.75 Å². The summed E-state index contributed by atoms with van der Waals surface area (Å²) >= 11 is 0. The molecule has 2 N–H and O–H groups in total. The minimum Gasteiger partial charge on any atom is -0.494 e. The highest BCUT2D eigenvalue weighted by molar-refractivity contribution is 6.06. The van der Waals surface area contributed by atoms with Crippen molar-refractivity contribution >= 4 is 17.5 Å². The number of allylic oxidation sites excluding steroid dienone is 1. The normalized spacial score (nSPS) is 14.4. The Morgan fingerprint density at radius 2 is 1.81 bits per heavy atom. The third-order valence-corrected chi connectivity index (χ3v) is 5.91. The summed E-state index contributed by atoms with van der Waals surface area (Å²) in [4.78, 5) is 18.2. The van der Waals surface area contributed by atoms with E-state index in [1.807, 2.05) is 80.6 Å². The standard InChI is InChI=1S/C28H24N6O2/c1-3-36-23-15-13-21(14-16-23)26-32-28-30-18(2)24(27(35)31-22-7-5-4-6-8-22)25(34(28)33-26)20-11-9-19(17-29)10-12-20/h4-16,25H,3H2,1-2H3,(H,31,35)(H,30,32,33). The van der Waals surface area contributed by atoms with Crippen molar-refractivity contribution in [1.29, 1.82) is 5.26 Å². The zero-order chi connectivity index (χ0) is 25.1. The number of carbonyl (C=O) groups is 1. The fourth-order valence-corrected chi connectivity index (χ4v) is 4.20. The number of aromatic nitrogens is 3. The van der Waals surface area contributed by atoms with Crippen LogP contribution < -0.4 is 15.4 Å². The molecule has 0 aliphatic carbocycles. The highest BCUT2D eigenvalue weighted by Crippen LogP contribution is 2.37. The molecule has 36 heavy (non-hydrogen) atoms. The second-order valence-electron chi connectivity index (χ2n) is 8.28. The maximum Gasteiger partial charge on any atom is 0.255 e. The predicted octanol–water partition coefficient (Wildman–Crippen LogP) is 5.14. The van der Waals surface area contributed by atoms with Gasteiger partial charge in [0.05, 0.1) is 23.8 Å². The molecule has 0 fully saturated rings. The molecule has 2 heterocycles. The van der Waals surface area contributed by atoms with Crippen LogP contribution in [0.25, 0.3) is 11.4 Å². The van der Waals surface area contributed by atoms with Gasteiger partial charge < -0.3 is 15.4 Å². The molecular formula is C28H24N6O2. The fraction of sp³-hybridized carbons (Fsp3) is 0.143. The second kappa shape index (κ2) is 9.76. The van der Waals surface area contributed by atoms with Crippen molar-refractivity contribution in [3.63, 3.8) is 0 Å². The highest BCUT2D eigenvalue weighted by Gasteiger charge is 2.34. The van der Waals surface area contributed by atoms with Crippen molar-refractivity contribution in [1.82, 2.24) is 14.8 Å². The number of amides is 1. The highest BCUT2D eigenvalue weighted by atomic mass is 16.5. The van der Waals surface area contributed by atoms with Crippen molar-refractivity contribution in [3.8, 4) is 23.2 Å². The van der Waals surface area contributed by atoms with Gasteiger partial charge in [-0.2, -0.15) is 10.2 Å². The predicted molar refractivity (Wildman–Crippen MR) is 137 cm³/mol. The van der Waals surface area contributed by atoms with Gasteiger partial charge in [-0.25, -0.2) is 4.68 Å². The molecule has 0 radical (unpaired) electrons. The molecule has 178 valence electrons. The van der Waals surface area contributed by atoms with Crippen LogP contribution in [0.2, 0.25) is 0 Å². The monoisotopic (exact) mass is 476 g/mol. The number of nitrogens with one attached hydrogen (secondary N) is 2. The molecule has 1 aromatic heterocycles. The quantitative estimate of drug-likeness (QED) is 0.399. The van der Waals surface area contributed by atoms with Gasteiger partial charge in [0.2, 0.25) is 5.95 Å². The van der Waals surface area contributed by atoms with Gasteiger partial charge in [-0.15, -0.1) is 5.10 Å². The number of nitrogens with zero attached hydrogens (tertiary/aromatic N) is 4. The number of fused-ring (bicyclic) bond motifs is 1. The van der Waals surface area contributed by atoms with E-state index in [1.165, 1.54) is 0 Å². The molecular weight excluding hydrogens is 452 g/mol. The molecule has 5 rings (SSSR count). The van der Waals surface area contributed by atoms with E-state index >= 15 is 0 Å². The number of hydrogen-bond acceptors (Lipinski definition) is 6. The molecule has 3 aromatic carbocycles. The molecule has 1 aliphatic rings. The molecule has 1 unspecified atom stereocenters. The Kier molecular flexibility index (Phi) is 6.20. The maximum absolute atomic E-state index is 13.5. The zero-order valence-electron chi connectivity index (χ0n) is 19.9. The van der Waals surface area contributed by atoms with E-state index in [9.17, 15) is 10.1 Å². The number of carbonyl (C=O) groups excluding carboxylic acids is 1. The third kappa shape index (κ3) is 4.42. The summed E-state index contributed by atoms with van der Waals surface area (Å²) in [6.45, 7) is 4.38. The van der Waals surface area contributed by atoms with Crippen molar-refractivity contribution in [3.05, 3.63) is 101 Å². The molecule has 1 atom stereocenters. The number of nitriles is 1. The largest absolute Gasteiger partial charge is 0.494 e. The zero-order valence-corrected chi connectivity index (χ0v) is 19.9. The summed E-state index contributed by atoms with van der Waals surface area (Å²) < 4.78 is 7.26. The molecule has 4 aromatic rings. The van der Waals surface area contributed by atoms with Crippen molar-refractivity contribution in [2.75, 3.05) is 17.2 Å². The van der Waals surface area contributed by atoms with Gasteiger partial charge in [-0.05, 0) is 67.9 Å². The van der Waals surface area contributed by atoms with Crippen LogP contribution in [0, 0.1) is 11.3 Å². The first-order valence-corrected chi connectivity index (χ1v) is 11.6. The summed E-state index contributed by atoms with van der Waals surface area (Å²) in [5.74, 6) is 1.58. The summed E-state index contributed by atoms with van der Waals surface area (Å²) in [6.07, 6.45) is 0. The van der Waals surface area contributed by atoms with E-state index in [2.05, 4.69) is 16.7 Å². The van der Waals surface area contributed by atoms with Gasteiger partial charge in [0.15, 0.2) is 5.82 Å². The Labute approximate surface area is 208 Å². The van der Waals surface area contributed by atoms with Crippen LogP contribution in [-0.2, 0) is 4.79 Å². The van der Waals surface area contributed by atoms with Crippen molar-refractivity contribution < 1.29 is 9.53 Å². The average molecular weight is 477 g/mol. The Hall–Kier alpha value is -4.90. The van der Waals surface area contributed by atoms with Crippen LogP contribution in [0.4, 0.5) is 11.6 Å². The van der Waals surface area contributed by atoms with Crippen LogP contribution in [0.15, 0.2) is 90.1 Å². The number of ether oxygens (including phenoxy) is 1. The number of hydrogen-bond donors (Lipinski definition) is 2. The minimum atomic E-state index is -0.540. The van der Waals surface area contributed by atoms with E-state index < -0.39 is 6.04 Å². The number of anilines is 2. The Morgan fingerprint density at radius 3 is 2.47 bits per heavy atom. The van der Waals surface area contributed by atoms with Crippen LogP contribution >= 0.6 is 0 Å². The fourth-order valence-electron chi connectivity index (χ4n) is 4.20. The lowest BCUT2D eigenvalue weighted by molar-refractivity contribution is -0.113. The first-order chi connectivity index (χ1) is 17.6.